The fourth-order valence-electron chi connectivity index (χ4n) is 3.59. The first kappa shape index (κ1) is 26.0. The largest absolute Gasteiger partial charge is 0.357 e. The maximum Gasteiger partial charge on any atom is 0.250 e. The van der Waals surface area contributed by atoms with Crippen LogP contribution in [0.25, 0.3) is 0 Å². The smallest absolute Gasteiger partial charge is 0.250 e. The second-order valence-corrected chi connectivity index (χ2v) is 10.4. The molecule has 1 saturated heterocycles. The molecule has 1 aromatic heterocycles. The predicted molar refractivity (Wildman–Crippen MR) is 139 cm³/mol. The van der Waals surface area contributed by atoms with Gasteiger partial charge in [0.2, 0.25) is 10.0 Å². The van der Waals surface area contributed by atoms with Gasteiger partial charge in [0.1, 0.15) is 4.21 Å². The van der Waals surface area contributed by atoms with Crippen molar-refractivity contribution >= 4 is 51.3 Å². The Bertz CT molecular complexity index is 907. The van der Waals surface area contributed by atoms with Gasteiger partial charge in [0.25, 0.3) is 0 Å². The van der Waals surface area contributed by atoms with E-state index < -0.39 is 10.0 Å². The third kappa shape index (κ3) is 8.01. The molecule has 3 N–H and O–H groups in total. The van der Waals surface area contributed by atoms with Gasteiger partial charge in [-0.2, -0.15) is 0 Å². The summed E-state index contributed by atoms with van der Waals surface area (Å²) in [5.41, 5.74) is 1.32. The predicted octanol–water partition coefficient (Wildman–Crippen LogP) is 2.86. The van der Waals surface area contributed by atoms with Crippen LogP contribution in [0.1, 0.15) is 25.8 Å². The van der Waals surface area contributed by atoms with E-state index in [-0.39, 0.29) is 30.5 Å². The Hall–Kier alpha value is -1.21. The van der Waals surface area contributed by atoms with E-state index >= 15 is 0 Å². The topological polar surface area (TPSA) is 85.8 Å². The molecule has 3 rings (SSSR count). The Kier molecular flexibility index (Phi) is 10.7. The van der Waals surface area contributed by atoms with Crippen LogP contribution in [0.3, 0.4) is 0 Å². The van der Waals surface area contributed by atoms with Gasteiger partial charge in [0, 0.05) is 38.3 Å². The quantitative estimate of drug-likeness (QED) is 0.185. The zero-order valence-electron chi connectivity index (χ0n) is 18.0. The molecule has 2 heterocycles. The minimum absolute atomic E-state index is 0. The van der Waals surface area contributed by atoms with Gasteiger partial charge >= 0.3 is 0 Å². The van der Waals surface area contributed by atoms with E-state index in [0.717, 1.165) is 32.0 Å². The van der Waals surface area contributed by atoms with E-state index in [9.17, 15) is 8.42 Å². The van der Waals surface area contributed by atoms with Crippen LogP contribution in [-0.4, -0.2) is 57.5 Å². The summed E-state index contributed by atoms with van der Waals surface area (Å²) in [4.78, 5) is 7.03. The van der Waals surface area contributed by atoms with Gasteiger partial charge in [-0.15, -0.1) is 35.3 Å². The minimum Gasteiger partial charge on any atom is -0.357 e. The average Bonchev–Trinajstić information content (AvgIpc) is 3.37. The molecule has 1 aliphatic heterocycles. The monoisotopic (exact) mass is 577 g/mol. The number of hydrogen-bond acceptors (Lipinski definition) is 5. The van der Waals surface area contributed by atoms with Gasteiger partial charge in [0.15, 0.2) is 5.96 Å². The highest BCUT2D eigenvalue weighted by molar-refractivity contribution is 14.0. The SMILES string of the molecule is CCNC(=NCCNS(=O)(=O)c1cccs1)NC1CC(C)N(Cc2ccccc2)C1.I. The van der Waals surface area contributed by atoms with Crippen LogP contribution in [0.15, 0.2) is 57.0 Å². The number of thiophene rings is 1. The number of likely N-dealkylation sites (tertiary alicyclic amines) is 1. The number of hydrogen-bond donors (Lipinski definition) is 3. The number of sulfonamides is 1. The Morgan fingerprint density at radius 3 is 2.68 bits per heavy atom. The third-order valence-electron chi connectivity index (χ3n) is 5.05. The molecule has 2 atom stereocenters. The first-order valence-corrected chi connectivity index (χ1v) is 12.7. The van der Waals surface area contributed by atoms with E-state index in [1.165, 1.54) is 16.9 Å². The average molecular weight is 578 g/mol. The van der Waals surface area contributed by atoms with Crippen molar-refractivity contribution in [1.29, 1.82) is 0 Å². The highest BCUT2D eigenvalue weighted by Crippen LogP contribution is 2.20. The number of nitrogens with one attached hydrogen (secondary N) is 3. The van der Waals surface area contributed by atoms with Crippen LogP contribution < -0.4 is 15.4 Å². The molecule has 2 aromatic rings. The molecule has 0 radical (unpaired) electrons. The van der Waals surface area contributed by atoms with Crippen molar-refractivity contribution in [1.82, 2.24) is 20.3 Å². The van der Waals surface area contributed by atoms with Crippen molar-refractivity contribution in [2.45, 2.75) is 43.1 Å². The molecule has 1 fully saturated rings. The van der Waals surface area contributed by atoms with Crippen LogP contribution in [0, 0.1) is 0 Å². The Labute approximate surface area is 206 Å². The fraction of sp³-hybridized carbons (Fsp3) is 0.476. The lowest BCUT2D eigenvalue weighted by atomic mass is 10.2. The Balaban J connectivity index is 0.00000341. The van der Waals surface area contributed by atoms with Crippen molar-refractivity contribution in [3.63, 3.8) is 0 Å². The maximum atomic E-state index is 12.2. The first-order chi connectivity index (χ1) is 14.5. The Morgan fingerprint density at radius 2 is 2.00 bits per heavy atom. The number of aliphatic imine (C=N–C) groups is 1. The number of guanidine groups is 1. The molecule has 0 bridgehead atoms. The lowest BCUT2D eigenvalue weighted by Gasteiger charge is -2.21. The molecule has 0 aliphatic carbocycles. The van der Waals surface area contributed by atoms with Crippen LogP contribution in [-0.2, 0) is 16.6 Å². The van der Waals surface area contributed by atoms with E-state index in [2.05, 4.69) is 56.4 Å². The zero-order chi connectivity index (χ0) is 21.4. The van der Waals surface area contributed by atoms with E-state index in [1.807, 2.05) is 13.0 Å². The van der Waals surface area contributed by atoms with Crippen LogP contribution in [0.4, 0.5) is 0 Å². The lowest BCUT2D eigenvalue weighted by molar-refractivity contribution is 0.258. The summed E-state index contributed by atoms with van der Waals surface area (Å²) in [6, 6.07) is 14.7. The summed E-state index contributed by atoms with van der Waals surface area (Å²) < 4.78 is 27.3. The molecule has 7 nitrogen and oxygen atoms in total. The molecule has 10 heteroatoms. The Morgan fingerprint density at radius 1 is 1.23 bits per heavy atom. The molecule has 1 aliphatic rings. The van der Waals surface area contributed by atoms with Crippen molar-refractivity contribution < 1.29 is 8.42 Å². The van der Waals surface area contributed by atoms with E-state index in [1.54, 1.807) is 17.5 Å². The minimum atomic E-state index is -3.44. The molecule has 0 saturated carbocycles. The third-order valence-corrected chi connectivity index (χ3v) is 7.91. The second kappa shape index (κ2) is 12.7. The second-order valence-electron chi connectivity index (χ2n) is 7.43. The van der Waals surface area contributed by atoms with Crippen molar-refractivity contribution in [3.8, 4) is 0 Å². The molecular formula is C21H32IN5O2S2. The summed E-state index contributed by atoms with van der Waals surface area (Å²) >= 11 is 1.21. The summed E-state index contributed by atoms with van der Waals surface area (Å²) in [5, 5.41) is 8.52. The van der Waals surface area contributed by atoms with E-state index in [4.69, 9.17) is 0 Å². The zero-order valence-corrected chi connectivity index (χ0v) is 21.9. The lowest BCUT2D eigenvalue weighted by Crippen LogP contribution is -2.45. The molecule has 0 amide bonds. The van der Waals surface area contributed by atoms with E-state index in [0.29, 0.717) is 22.8 Å². The summed E-state index contributed by atoms with van der Waals surface area (Å²) in [5.74, 6) is 0.728. The van der Waals surface area contributed by atoms with Crippen LogP contribution >= 0.6 is 35.3 Å². The first-order valence-electron chi connectivity index (χ1n) is 10.3. The molecule has 31 heavy (non-hydrogen) atoms. The molecule has 2 unspecified atom stereocenters. The number of halogens is 1. The molecule has 1 aromatic carbocycles. The molecule has 172 valence electrons. The highest BCUT2D eigenvalue weighted by Gasteiger charge is 2.29. The standard InChI is InChI=1S/C21H31N5O2S2.HI/c1-3-22-21(23-11-12-24-30(27,28)20-10-7-13-29-20)25-19-14-17(2)26(16-19)15-18-8-5-4-6-9-18;/h4-10,13,17,19,24H,3,11-12,14-16H2,1-2H3,(H2,22,23,25);1H. The van der Waals surface area contributed by atoms with Crippen LogP contribution in [0.5, 0.6) is 0 Å². The van der Waals surface area contributed by atoms with Crippen LogP contribution in [0.2, 0.25) is 0 Å². The van der Waals surface area contributed by atoms with Gasteiger partial charge in [-0.05, 0) is 37.3 Å². The van der Waals surface area contributed by atoms with Gasteiger partial charge in [-0.25, -0.2) is 13.1 Å². The summed E-state index contributed by atoms with van der Waals surface area (Å²) in [6.45, 7) is 7.56. The normalized spacial score (nSPS) is 19.7. The number of benzene rings is 1. The van der Waals surface area contributed by atoms with Crippen molar-refractivity contribution in [2.24, 2.45) is 4.99 Å². The van der Waals surface area contributed by atoms with Crippen molar-refractivity contribution in [2.75, 3.05) is 26.2 Å². The number of nitrogens with zero attached hydrogens (tertiary/aromatic N) is 2. The van der Waals surface area contributed by atoms with Gasteiger partial charge < -0.3 is 10.6 Å². The fourth-order valence-corrected chi connectivity index (χ4v) is 5.65. The number of rotatable bonds is 9. The van der Waals surface area contributed by atoms with Gasteiger partial charge in [-0.1, -0.05) is 36.4 Å². The summed E-state index contributed by atoms with van der Waals surface area (Å²) in [7, 11) is -3.44. The highest BCUT2D eigenvalue weighted by atomic mass is 127. The van der Waals surface area contributed by atoms with Gasteiger partial charge in [0.05, 0.1) is 6.54 Å². The summed E-state index contributed by atoms with van der Waals surface area (Å²) in [6.07, 6.45) is 1.04. The maximum absolute atomic E-state index is 12.2. The molecular weight excluding hydrogens is 545 g/mol. The van der Waals surface area contributed by atoms with Gasteiger partial charge in [-0.3, -0.25) is 9.89 Å². The molecule has 0 spiro atoms. The van der Waals surface area contributed by atoms with Crippen molar-refractivity contribution in [3.05, 3.63) is 53.4 Å².